The summed E-state index contributed by atoms with van der Waals surface area (Å²) < 4.78 is 5.29. The Bertz CT molecular complexity index is 987. The highest BCUT2D eigenvalue weighted by Crippen LogP contribution is 2.49. The summed E-state index contributed by atoms with van der Waals surface area (Å²) in [5.74, 6) is 0.189. The van der Waals surface area contributed by atoms with Crippen LogP contribution in [-0.4, -0.2) is 48.1 Å². The van der Waals surface area contributed by atoms with E-state index in [4.69, 9.17) is 4.74 Å². The van der Waals surface area contributed by atoms with E-state index in [1.807, 2.05) is 56.3 Å². The number of hydrogen-bond acceptors (Lipinski definition) is 5. The minimum Gasteiger partial charge on any atom is -0.497 e. The lowest BCUT2D eigenvalue weighted by Gasteiger charge is -2.30. The van der Waals surface area contributed by atoms with Crippen LogP contribution in [-0.2, 0) is 9.59 Å². The quantitative estimate of drug-likeness (QED) is 0.753. The zero-order valence-electron chi connectivity index (χ0n) is 17.0. The van der Waals surface area contributed by atoms with Crippen molar-refractivity contribution < 1.29 is 14.3 Å². The molecule has 0 N–H and O–H groups in total. The minimum absolute atomic E-state index is 0.0986. The summed E-state index contributed by atoms with van der Waals surface area (Å²) in [6, 6.07) is 13.1. The number of hydrazine groups is 1. The first-order valence-electron chi connectivity index (χ1n) is 10.1. The molecule has 0 unspecified atom stereocenters. The van der Waals surface area contributed by atoms with Gasteiger partial charge in [-0.1, -0.05) is 18.2 Å². The van der Waals surface area contributed by atoms with E-state index < -0.39 is 12.0 Å². The maximum atomic E-state index is 13.6. The van der Waals surface area contributed by atoms with E-state index in [1.54, 1.807) is 7.11 Å². The number of carbonyl (C=O) groups excluding carboxylic acids is 2. The third-order valence-electron chi connectivity index (χ3n) is 6.61. The maximum Gasteiger partial charge on any atom is 0.253 e. The van der Waals surface area contributed by atoms with Crippen molar-refractivity contribution >= 4 is 17.5 Å². The molecule has 0 aliphatic carbocycles. The van der Waals surface area contributed by atoms with Gasteiger partial charge >= 0.3 is 0 Å². The molecule has 6 nitrogen and oxygen atoms in total. The molecule has 3 saturated heterocycles. The molecule has 2 aromatic carbocycles. The standard InChI is InChI=1S/C23H25N3O3/c1-14-5-8-17(13-15(14)2)26-22(27)19-20(16-6-9-18(29-3)10-7-16)24-11-4-12-25(24)21(19)23(26)28/h5-10,13,19-21H,4,11-12H2,1-3H3/t19-,20+,21+/m1/s1. The fourth-order valence-corrected chi connectivity index (χ4v) is 5.03. The van der Waals surface area contributed by atoms with Gasteiger partial charge in [-0.15, -0.1) is 0 Å². The lowest BCUT2D eigenvalue weighted by atomic mass is 9.90. The van der Waals surface area contributed by atoms with Crippen molar-refractivity contribution in [2.45, 2.75) is 32.4 Å². The second kappa shape index (κ2) is 6.68. The summed E-state index contributed by atoms with van der Waals surface area (Å²) in [5.41, 5.74) is 3.95. The molecule has 3 atom stereocenters. The SMILES string of the molecule is COc1ccc([C@H]2[C@H]3C(=O)N(c4ccc(C)c(C)c4)C(=O)[C@H]3N3CCCN23)cc1. The summed E-state index contributed by atoms with van der Waals surface area (Å²) in [4.78, 5) is 28.4. The highest BCUT2D eigenvalue weighted by atomic mass is 16.5. The number of imide groups is 1. The van der Waals surface area contributed by atoms with Crippen molar-refractivity contribution in [1.29, 1.82) is 0 Å². The van der Waals surface area contributed by atoms with Crippen LogP contribution in [0.5, 0.6) is 5.75 Å². The molecule has 0 saturated carbocycles. The van der Waals surface area contributed by atoms with Gasteiger partial charge in [0.05, 0.1) is 24.8 Å². The molecule has 3 aliphatic rings. The van der Waals surface area contributed by atoms with Crippen molar-refractivity contribution in [3.63, 3.8) is 0 Å². The zero-order valence-corrected chi connectivity index (χ0v) is 17.0. The third kappa shape index (κ3) is 2.63. The molecule has 6 heteroatoms. The monoisotopic (exact) mass is 391 g/mol. The average Bonchev–Trinajstić information content (AvgIpc) is 3.37. The van der Waals surface area contributed by atoms with Gasteiger partial charge in [-0.2, -0.15) is 0 Å². The fraction of sp³-hybridized carbons (Fsp3) is 0.391. The molecule has 150 valence electrons. The van der Waals surface area contributed by atoms with Gasteiger partial charge < -0.3 is 4.74 Å². The normalized spacial score (nSPS) is 26.9. The van der Waals surface area contributed by atoms with Crippen LogP contribution in [0, 0.1) is 19.8 Å². The first-order chi connectivity index (χ1) is 14.0. The highest BCUT2D eigenvalue weighted by molar-refractivity contribution is 6.24. The van der Waals surface area contributed by atoms with E-state index in [9.17, 15) is 9.59 Å². The summed E-state index contributed by atoms with van der Waals surface area (Å²) >= 11 is 0. The Morgan fingerprint density at radius 3 is 2.21 bits per heavy atom. The Balaban J connectivity index is 1.56. The van der Waals surface area contributed by atoms with Crippen LogP contribution in [0.15, 0.2) is 42.5 Å². The molecule has 0 aromatic heterocycles. The topological polar surface area (TPSA) is 53.1 Å². The third-order valence-corrected chi connectivity index (χ3v) is 6.61. The number of benzene rings is 2. The molecular formula is C23H25N3O3. The second-order valence-electron chi connectivity index (χ2n) is 8.15. The van der Waals surface area contributed by atoms with Crippen LogP contribution >= 0.6 is 0 Å². The van der Waals surface area contributed by atoms with E-state index in [1.165, 1.54) is 4.90 Å². The number of hydrogen-bond donors (Lipinski definition) is 0. The molecule has 3 aliphatic heterocycles. The van der Waals surface area contributed by atoms with Gasteiger partial charge in [0, 0.05) is 13.1 Å². The molecule has 0 radical (unpaired) electrons. The van der Waals surface area contributed by atoms with Crippen LogP contribution in [0.2, 0.25) is 0 Å². The largest absolute Gasteiger partial charge is 0.497 e. The van der Waals surface area contributed by atoms with Crippen molar-refractivity contribution in [2.24, 2.45) is 5.92 Å². The van der Waals surface area contributed by atoms with Crippen molar-refractivity contribution in [2.75, 3.05) is 25.1 Å². The molecule has 0 spiro atoms. The number of carbonyl (C=O) groups is 2. The zero-order chi connectivity index (χ0) is 20.3. The number of aryl methyl sites for hydroxylation is 2. The lowest BCUT2D eigenvalue weighted by molar-refractivity contribution is -0.126. The Morgan fingerprint density at radius 1 is 0.862 bits per heavy atom. The van der Waals surface area contributed by atoms with Crippen LogP contribution in [0.3, 0.4) is 0 Å². The van der Waals surface area contributed by atoms with Gasteiger partial charge in [-0.3, -0.25) is 9.59 Å². The molecule has 3 heterocycles. The van der Waals surface area contributed by atoms with Crippen molar-refractivity contribution in [3.05, 3.63) is 59.2 Å². The predicted octanol–water partition coefficient (Wildman–Crippen LogP) is 2.85. The van der Waals surface area contributed by atoms with E-state index in [-0.39, 0.29) is 17.9 Å². The summed E-state index contributed by atoms with van der Waals surface area (Å²) in [6.45, 7) is 5.72. The number of nitrogens with zero attached hydrogens (tertiary/aromatic N) is 3. The smallest absolute Gasteiger partial charge is 0.253 e. The Kier molecular flexibility index (Phi) is 4.22. The molecule has 3 fully saturated rings. The van der Waals surface area contributed by atoms with Gasteiger partial charge in [0.1, 0.15) is 11.8 Å². The van der Waals surface area contributed by atoms with Gasteiger partial charge in [0.25, 0.3) is 5.91 Å². The number of methoxy groups -OCH3 is 1. The van der Waals surface area contributed by atoms with Crippen LogP contribution in [0.1, 0.15) is 29.2 Å². The fourth-order valence-electron chi connectivity index (χ4n) is 5.03. The molecular weight excluding hydrogens is 366 g/mol. The molecule has 2 aromatic rings. The highest BCUT2D eigenvalue weighted by Gasteiger charge is 2.62. The molecule has 29 heavy (non-hydrogen) atoms. The molecule has 2 amide bonds. The van der Waals surface area contributed by atoms with E-state index >= 15 is 0 Å². The number of anilines is 1. The summed E-state index contributed by atoms with van der Waals surface area (Å²) in [5, 5.41) is 4.35. The van der Waals surface area contributed by atoms with Gasteiger partial charge in [-0.25, -0.2) is 14.9 Å². The number of ether oxygens (including phenoxy) is 1. The Hall–Kier alpha value is -2.70. The van der Waals surface area contributed by atoms with Gasteiger partial charge in [-0.05, 0) is 61.2 Å². The van der Waals surface area contributed by atoms with Crippen molar-refractivity contribution in [3.8, 4) is 5.75 Å². The van der Waals surface area contributed by atoms with E-state index in [0.29, 0.717) is 5.69 Å². The predicted molar refractivity (Wildman–Crippen MR) is 109 cm³/mol. The van der Waals surface area contributed by atoms with Crippen LogP contribution < -0.4 is 9.64 Å². The number of fused-ring (bicyclic) bond motifs is 3. The maximum absolute atomic E-state index is 13.6. The lowest BCUT2D eigenvalue weighted by Crippen LogP contribution is -2.44. The molecule has 5 rings (SSSR count). The number of rotatable bonds is 3. The Morgan fingerprint density at radius 2 is 1.55 bits per heavy atom. The first-order valence-corrected chi connectivity index (χ1v) is 10.1. The van der Waals surface area contributed by atoms with Gasteiger partial charge in [0.2, 0.25) is 5.91 Å². The van der Waals surface area contributed by atoms with Crippen LogP contribution in [0.25, 0.3) is 0 Å². The van der Waals surface area contributed by atoms with Gasteiger partial charge in [0.15, 0.2) is 0 Å². The Labute approximate surface area is 170 Å². The summed E-state index contributed by atoms with van der Waals surface area (Å²) in [7, 11) is 1.64. The molecule has 0 bridgehead atoms. The van der Waals surface area contributed by atoms with Crippen molar-refractivity contribution in [1.82, 2.24) is 10.0 Å². The van der Waals surface area contributed by atoms with E-state index in [0.717, 1.165) is 42.0 Å². The van der Waals surface area contributed by atoms with E-state index in [2.05, 4.69) is 10.0 Å². The van der Waals surface area contributed by atoms with Crippen LogP contribution in [0.4, 0.5) is 5.69 Å². The first kappa shape index (κ1) is 18.3. The number of amides is 2. The summed E-state index contributed by atoms with van der Waals surface area (Å²) in [6.07, 6.45) is 1.00. The minimum atomic E-state index is -0.418. The average molecular weight is 391 g/mol. The second-order valence-corrected chi connectivity index (χ2v) is 8.15.